The summed E-state index contributed by atoms with van der Waals surface area (Å²) in [7, 11) is 0. The van der Waals surface area contributed by atoms with E-state index in [1.165, 1.54) is 0 Å². The van der Waals surface area contributed by atoms with Gasteiger partial charge in [0.1, 0.15) is 5.69 Å². The van der Waals surface area contributed by atoms with Crippen LogP contribution in [0.3, 0.4) is 0 Å². The largest absolute Gasteiger partial charge is 0.397 e. The van der Waals surface area contributed by atoms with E-state index in [1.807, 2.05) is 18.4 Å². The Bertz CT molecular complexity index is 509. The van der Waals surface area contributed by atoms with E-state index in [0.717, 1.165) is 13.0 Å². The van der Waals surface area contributed by atoms with E-state index in [0.29, 0.717) is 30.9 Å². The first kappa shape index (κ1) is 14.4. The number of nitrogens with zero attached hydrogens (tertiary/aromatic N) is 2. The summed E-state index contributed by atoms with van der Waals surface area (Å²) >= 11 is 0. The van der Waals surface area contributed by atoms with Gasteiger partial charge in [-0.1, -0.05) is 0 Å². The fourth-order valence-electron chi connectivity index (χ4n) is 2.56. The van der Waals surface area contributed by atoms with E-state index in [4.69, 9.17) is 5.73 Å². The Labute approximate surface area is 118 Å². The van der Waals surface area contributed by atoms with Gasteiger partial charge in [0.2, 0.25) is 5.91 Å². The van der Waals surface area contributed by atoms with Crippen LogP contribution in [-0.2, 0) is 11.3 Å². The minimum atomic E-state index is -0.150. The predicted octanol–water partition coefficient (Wildman–Crippen LogP) is 0.831. The molecule has 6 nitrogen and oxygen atoms in total. The molecule has 0 radical (unpaired) electrons. The first-order valence-electron chi connectivity index (χ1n) is 7.05. The average Bonchev–Trinajstić information content (AvgIpc) is 2.96. The standard InChI is InChI=1S/C14H22N4O2/c1-3-17-9-11(15)7-12(17)14(20)16-10(2)8-18-6-4-5-13(18)19/h7,9-10H,3-6,8,15H2,1-2H3,(H,16,20). The first-order valence-corrected chi connectivity index (χ1v) is 7.05. The normalized spacial score (nSPS) is 16.5. The van der Waals surface area contributed by atoms with Crippen molar-refractivity contribution in [2.24, 2.45) is 0 Å². The Morgan fingerprint density at radius 3 is 2.90 bits per heavy atom. The predicted molar refractivity (Wildman–Crippen MR) is 77.3 cm³/mol. The van der Waals surface area contributed by atoms with E-state index in [1.54, 1.807) is 17.2 Å². The lowest BCUT2D eigenvalue weighted by Crippen LogP contribution is -2.42. The molecule has 0 aliphatic carbocycles. The maximum atomic E-state index is 12.2. The van der Waals surface area contributed by atoms with Gasteiger partial charge in [0.15, 0.2) is 0 Å². The molecule has 0 spiro atoms. The van der Waals surface area contributed by atoms with Crippen LogP contribution >= 0.6 is 0 Å². The minimum Gasteiger partial charge on any atom is -0.397 e. The van der Waals surface area contributed by atoms with Crippen molar-refractivity contribution < 1.29 is 9.59 Å². The van der Waals surface area contributed by atoms with Gasteiger partial charge in [-0.25, -0.2) is 0 Å². The number of carbonyl (C=O) groups excluding carboxylic acids is 2. The van der Waals surface area contributed by atoms with Crippen molar-refractivity contribution in [2.45, 2.75) is 39.3 Å². The molecule has 1 aliphatic rings. The second-order valence-corrected chi connectivity index (χ2v) is 5.26. The van der Waals surface area contributed by atoms with Crippen molar-refractivity contribution in [3.8, 4) is 0 Å². The molecule has 1 fully saturated rings. The van der Waals surface area contributed by atoms with Gasteiger partial charge in [0.25, 0.3) is 5.91 Å². The summed E-state index contributed by atoms with van der Waals surface area (Å²) < 4.78 is 1.82. The van der Waals surface area contributed by atoms with Gasteiger partial charge in [-0.15, -0.1) is 0 Å². The smallest absolute Gasteiger partial charge is 0.268 e. The molecule has 6 heteroatoms. The van der Waals surface area contributed by atoms with Gasteiger partial charge >= 0.3 is 0 Å². The van der Waals surface area contributed by atoms with E-state index >= 15 is 0 Å². The van der Waals surface area contributed by atoms with Gasteiger partial charge in [-0.2, -0.15) is 0 Å². The number of nitrogen functional groups attached to an aromatic ring is 1. The highest BCUT2D eigenvalue weighted by Crippen LogP contribution is 2.12. The van der Waals surface area contributed by atoms with Crippen LogP contribution < -0.4 is 11.1 Å². The maximum absolute atomic E-state index is 12.2. The molecule has 1 unspecified atom stereocenters. The third-order valence-corrected chi connectivity index (χ3v) is 3.53. The number of carbonyl (C=O) groups is 2. The van der Waals surface area contributed by atoms with Crippen LogP contribution in [0.25, 0.3) is 0 Å². The minimum absolute atomic E-state index is 0.0778. The van der Waals surface area contributed by atoms with Crippen LogP contribution in [0.2, 0.25) is 0 Å². The molecular formula is C14H22N4O2. The fraction of sp³-hybridized carbons (Fsp3) is 0.571. The fourth-order valence-corrected chi connectivity index (χ4v) is 2.56. The van der Waals surface area contributed by atoms with Crippen molar-refractivity contribution >= 4 is 17.5 Å². The molecular weight excluding hydrogens is 256 g/mol. The van der Waals surface area contributed by atoms with Crippen LogP contribution in [0.4, 0.5) is 5.69 Å². The highest BCUT2D eigenvalue weighted by atomic mass is 16.2. The van der Waals surface area contributed by atoms with Crippen LogP contribution in [0, 0.1) is 0 Å². The zero-order chi connectivity index (χ0) is 14.7. The van der Waals surface area contributed by atoms with E-state index in [-0.39, 0.29) is 17.9 Å². The van der Waals surface area contributed by atoms with Gasteiger partial charge in [0, 0.05) is 38.3 Å². The number of aromatic nitrogens is 1. The number of nitrogens with two attached hydrogens (primary N) is 1. The molecule has 1 saturated heterocycles. The van der Waals surface area contributed by atoms with Gasteiger partial charge in [-0.05, 0) is 26.3 Å². The molecule has 2 amide bonds. The van der Waals surface area contributed by atoms with E-state index in [2.05, 4.69) is 5.32 Å². The summed E-state index contributed by atoms with van der Waals surface area (Å²) in [5.74, 6) is 0.0231. The van der Waals surface area contributed by atoms with Gasteiger partial charge in [0.05, 0.1) is 5.69 Å². The molecule has 0 bridgehead atoms. The average molecular weight is 278 g/mol. The third-order valence-electron chi connectivity index (χ3n) is 3.53. The lowest BCUT2D eigenvalue weighted by atomic mass is 10.3. The zero-order valence-corrected chi connectivity index (χ0v) is 12.1. The molecule has 0 saturated carbocycles. The first-order chi connectivity index (χ1) is 9.51. The van der Waals surface area contributed by atoms with Crippen LogP contribution in [-0.4, -0.2) is 40.4 Å². The molecule has 1 aromatic heterocycles. The number of anilines is 1. The van der Waals surface area contributed by atoms with Gasteiger partial charge in [-0.3, -0.25) is 9.59 Å². The molecule has 1 aliphatic heterocycles. The second-order valence-electron chi connectivity index (χ2n) is 5.26. The number of rotatable bonds is 5. The SMILES string of the molecule is CCn1cc(N)cc1C(=O)NC(C)CN1CCCC1=O. The van der Waals surface area contributed by atoms with Crippen molar-refractivity contribution in [2.75, 3.05) is 18.8 Å². The Balaban J connectivity index is 1.94. The lowest BCUT2D eigenvalue weighted by molar-refractivity contribution is -0.127. The number of nitrogens with one attached hydrogen (secondary N) is 1. The summed E-state index contributed by atoms with van der Waals surface area (Å²) in [6.45, 7) is 5.91. The second kappa shape index (κ2) is 5.98. The van der Waals surface area contributed by atoms with E-state index < -0.39 is 0 Å². The molecule has 2 rings (SSSR count). The molecule has 20 heavy (non-hydrogen) atoms. The quantitative estimate of drug-likeness (QED) is 0.837. The summed E-state index contributed by atoms with van der Waals surface area (Å²) in [6.07, 6.45) is 3.29. The Kier molecular flexibility index (Phi) is 4.32. The highest BCUT2D eigenvalue weighted by Gasteiger charge is 2.23. The Morgan fingerprint density at radius 1 is 1.55 bits per heavy atom. The number of likely N-dealkylation sites (tertiary alicyclic amines) is 1. The van der Waals surface area contributed by atoms with Crippen molar-refractivity contribution in [1.29, 1.82) is 0 Å². The summed E-state index contributed by atoms with van der Waals surface area (Å²) in [5, 5.41) is 2.92. The monoisotopic (exact) mass is 278 g/mol. The topological polar surface area (TPSA) is 80.4 Å². The van der Waals surface area contributed by atoms with Crippen LogP contribution in [0.1, 0.15) is 37.2 Å². The van der Waals surface area contributed by atoms with E-state index in [9.17, 15) is 9.59 Å². The molecule has 0 aromatic carbocycles. The van der Waals surface area contributed by atoms with Gasteiger partial charge < -0.3 is 20.5 Å². The summed E-state index contributed by atoms with van der Waals surface area (Å²) in [5.41, 5.74) is 6.86. The van der Waals surface area contributed by atoms with Crippen LogP contribution in [0.15, 0.2) is 12.3 Å². The third kappa shape index (κ3) is 3.12. The summed E-state index contributed by atoms with van der Waals surface area (Å²) in [4.78, 5) is 25.6. The van der Waals surface area contributed by atoms with Crippen molar-refractivity contribution in [3.63, 3.8) is 0 Å². The molecule has 3 N–H and O–H groups in total. The molecule has 2 heterocycles. The Morgan fingerprint density at radius 2 is 2.30 bits per heavy atom. The summed E-state index contributed by atoms with van der Waals surface area (Å²) in [6, 6.07) is 1.60. The zero-order valence-electron chi connectivity index (χ0n) is 12.1. The number of hydrogen-bond acceptors (Lipinski definition) is 3. The van der Waals surface area contributed by atoms with Crippen molar-refractivity contribution in [1.82, 2.24) is 14.8 Å². The maximum Gasteiger partial charge on any atom is 0.268 e. The molecule has 1 aromatic rings. The van der Waals surface area contributed by atoms with Crippen LogP contribution in [0.5, 0.6) is 0 Å². The Hall–Kier alpha value is -1.98. The number of hydrogen-bond donors (Lipinski definition) is 2. The molecule has 1 atom stereocenters. The lowest BCUT2D eigenvalue weighted by Gasteiger charge is -2.21. The highest BCUT2D eigenvalue weighted by molar-refractivity contribution is 5.94. The number of aryl methyl sites for hydroxylation is 1. The number of amides is 2. The molecule has 110 valence electrons. The van der Waals surface area contributed by atoms with Crippen molar-refractivity contribution in [3.05, 3.63) is 18.0 Å².